The molecule has 2 aromatic heterocycles. The molecule has 7 heteroatoms. The summed E-state index contributed by atoms with van der Waals surface area (Å²) in [6, 6.07) is 9.05. The molecule has 0 unspecified atom stereocenters. The monoisotopic (exact) mass is 411 g/mol. The lowest BCUT2D eigenvalue weighted by Crippen LogP contribution is -2.46. The average molecular weight is 412 g/mol. The topological polar surface area (TPSA) is 64.3 Å². The van der Waals surface area contributed by atoms with E-state index in [-0.39, 0.29) is 18.0 Å². The molecule has 29 heavy (non-hydrogen) atoms. The highest BCUT2D eigenvalue weighted by atomic mass is 32.1. The number of thiophene rings is 1. The van der Waals surface area contributed by atoms with E-state index < -0.39 is 5.69 Å². The number of fused-ring (bicyclic) bond motifs is 1. The minimum absolute atomic E-state index is 0.0579. The number of piperidine rings is 1. The number of rotatable bonds is 3. The van der Waals surface area contributed by atoms with E-state index in [9.17, 15) is 14.4 Å². The summed E-state index contributed by atoms with van der Waals surface area (Å²) >= 11 is 1.30. The first-order chi connectivity index (χ1) is 13.9. The van der Waals surface area contributed by atoms with Gasteiger partial charge in [0.2, 0.25) is 5.91 Å². The molecule has 0 radical (unpaired) electrons. The van der Waals surface area contributed by atoms with Crippen LogP contribution in [0.4, 0.5) is 0 Å². The second kappa shape index (κ2) is 7.63. The van der Waals surface area contributed by atoms with Gasteiger partial charge in [-0.25, -0.2) is 9.36 Å². The van der Waals surface area contributed by atoms with Crippen molar-refractivity contribution in [3.63, 3.8) is 0 Å². The van der Waals surface area contributed by atoms with Crippen molar-refractivity contribution < 1.29 is 4.79 Å². The lowest BCUT2D eigenvalue weighted by molar-refractivity contribution is -0.134. The molecule has 3 heterocycles. The minimum Gasteiger partial charge on any atom is -0.341 e. The number of likely N-dealkylation sites (tertiary alicyclic amines) is 1. The molecule has 0 aliphatic carbocycles. The van der Waals surface area contributed by atoms with E-state index in [0.717, 1.165) is 12.0 Å². The number of para-hydroxylation sites is 1. The first-order valence-electron chi connectivity index (χ1n) is 9.93. The molecule has 0 spiro atoms. The highest BCUT2D eigenvalue weighted by molar-refractivity contribution is 7.17. The van der Waals surface area contributed by atoms with Crippen LogP contribution in [-0.2, 0) is 11.3 Å². The van der Waals surface area contributed by atoms with Crippen molar-refractivity contribution in [2.24, 2.45) is 11.8 Å². The lowest BCUT2D eigenvalue weighted by Gasteiger charge is -2.35. The molecule has 1 saturated heterocycles. The summed E-state index contributed by atoms with van der Waals surface area (Å²) in [5.74, 6) is 0.816. The number of amides is 1. The fourth-order valence-electron chi connectivity index (χ4n) is 4.37. The van der Waals surface area contributed by atoms with E-state index in [1.54, 1.807) is 23.6 Å². The standard InChI is InChI=1S/C22H25N3O3S/c1-14-10-15(2)12-23(11-14)19(26)13-24-18-8-9-29-20(18)21(27)25(22(24)28)17-7-5-4-6-16(17)3/h4-9,14-15H,10-13H2,1-3H3/t14-,15-/m0/s1. The number of hydrogen-bond acceptors (Lipinski definition) is 4. The van der Waals surface area contributed by atoms with Gasteiger partial charge in [0.25, 0.3) is 5.56 Å². The van der Waals surface area contributed by atoms with Crippen LogP contribution in [0.25, 0.3) is 15.9 Å². The predicted octanol–water partition coefficient (Wildman–Crippen LogP) is 3.03. The fourth-order valence-corrected chi connectivity index (χ4v) is 5.19. The zero-order valence-corrected chi connectivity index (χ0v) is 17.7. The molecule has 1 aromatic carbocycles. The summed E-state index contributed by atoms with van der Waals surface area (Å²) in [5.41, 5.74) is 1.11. The van der Waals surface area contributed by atoms with Crippen molar-refractivity contribution in [3.8, 4) is 5.69 Å². The zero-order chi connectivity index (χ0) is 20.7. The van der Waals surface area contributed by atoms with Gasteiger partial charge < -0.3 is 4.90 Å². The summed E-state index contributed by atoms with van der Waals surface area (Å²) in [4.78, 5) is 41.3. The Balaban J connectivity index is 1.82. The molecule has 1 amide bonds. The van der Waals surface area contributed by atoms with Gasteiger partial charge in [0.15, 0.2) is 0 Å². The molecule has 0 saturated carbocycles. The second-order valence-electron chi connectivity index (χ2n) is 8.18. The molecule has 4 rings (SSSR count). The quantitative estimate of drug-likeness (QED) is 0.666. The highest BCUT2D eigenvalue weighted by Gasteiger charge is 2.27. The van der Waals surface area contributed by atoms with Crippen LogP contribution in [0.15, 0.2) is 45.3 Å². The van der Waals surface area contributed by atoms with Gasteiger partial charge >= 0.3 is 5.69 Å². The number of benzene rings is 1. The zero-order valence-electron chi connectivity index (χ0n) is 16.9. The van der Waals surface area contributed by atoms with Gasteiger partial charge in [-0.1, -0.05) is 32.0 Å². The van der Waals surface area contributed by atoms with Gasteiger partial charge in [-0.2, -0.15) is 0 Å². The SMILES string of the molecule is Cc1ccccc1-n1c(=O)c2sccc2n(CC(=O)N2C[C@@H](C)C[C@H](C)C2)c1=O. The Hall–Kier alpha value is -2.67. The van der Waals surface area contributed by atoms with Crippen LogP contribution in [-0.4, -0.2) is 33.0 Å². The molecular formula is C22H25N3O3S. The molecule has 0 bridgehead atoms. The van der Waals surface area contributed by atoms with Crippen molar-refractivity contribution in [2.75, 3.05) is 13.1 Å². The molecule has 152 valence electrons. The van der Waals surface area contributed by atoms with Crippen molar-refractivity contribution in [2.45, 2.75) is 33.7 Å². The second-order valence-corrected chi connectivity index (χ2v) is 9.09. The van der Waals surface area contributed by atoms with Gasteiger partial charge in [-0.15, -0.1) is 11.3 Å². The van der Waals surface area contributed by atoms with Gasteiger partial charge in [-0.3, -0.25) is 14.2 Å². The summed E-state index contributed by atoms with van der Waals surface area (Å²) < 4.78 is 3.13. The number of nitrogens with zero attached hydrogens (tertiary/aromatic N) is 3. The van der Waals surface area contributed by atoms with Crippen LogP contribution in [0.3, 0.4) is 0 Å². The van der Waals surface area contributed by atoms with E-state index in [0.29, 0.717) is 40.8 Å². The fraction of sp³-hybridized carbons (Fsp3) is 0.409. The molecule has 1 aliphatic rings. The molecular weight excluding hydrogens is 386 g/mol. The average Bonchev–Trinajstić information content (AvgIpc) is 3.16. The maximum absolute atomic E-state index is 13.4. The van der Waals surface area contributed by atoms with Crippen LogP contribution < -0.4 is 11.2 Å². The predicted molar refractivity (Wildman–Crippen MR) is 116 cm³/mol. The third kappa shape index (κ3) is 3.55. The molecule has 3 aromatic rings. The molecule has 6 nitrogen and oxygen atoms in total. The number of aromatic nitrogens is 2. The Morgan fingerprint density at radius 2 is 1.79 bits per heavy atom. The summed E-state index contributed by atoms with van der Waals surface area (Å²) in [7, 11) is 0. The Bertz CT molecular complexity index is 1180. The maximum atomic E-state index is 13.4. The van der Waals surface area contributed by atoms with Crippen molar-refractivity contribution in [3.05, 3.63) is 62.1 Å². The van der Waals surface area contributed by atoms with Crippen LogP contribution >= 0.6 is 11.3 Å². The van der Waals surface area contributed by atoms with Crippen LogP contribution in [0, 0.1) is 18.8 Å². The third-order valence-electron chi connectivity index (χ3n) is 5.63. The van der Waals surface area contributed by atoms with E-state index in [1.165, 1.54) is 20.5 Å². The lowest BCUT2D eigenvalue weighted by atomic mass is 9.92. The number of aryl methyl sites for hydroxylation is 1. The normalized spacial score (nSPS) is 19.6. The molecule has 2 atom stereocenters. The first kappa shape index (κ1) is 19.6. The van der Waals surface area contributed by atoms with Crippen molar-refractivity contribution >= 4 is 27.5 Å². The number of carbonyl (C=O) groups is 1. The van der Waals surface area contributed by atoms with Crippen LogP contribution in [0.2, 0.25) is 0 Å². The van der Waals surface area contributed by atoms with Gasteiger partial charge in [0, 0.05) is 13.1 Å². The minimum atomic E-state index is -0.471. The van der Waals surface area contributed by atoms with Crippen LogP contribution in [0.1, 0.15) is 25.8 Å². The van der Waals surface area contributed by atoms with E-state index >= 15 is 0 Å². The Morgan fingerprint density at radius 1 is 1.10 bits per heavy atom. The van der Waals surface area contributed by atoms with Gasteiger partial charge in [0.05, 0.1) is 11.2 Å². The smallest absolute Gasteiger partial charge is 0.336 e. The molecule has 1 aliphatic heterocycles. The molecule has 0 N–H and O–H groups in total. The van der Waals surface area contributed by atoms with Gasteiger partial charge in [0.1, 0.15) is 11.2 Å². The van der Waals surface area contributed by atoms with Crippen LogP contribution in [0.5, 0.6) is 0 Å². The number of hydrogen-bond donors (Lipinski definition) is 0. The summed E-state index contributed by atoms with van der Waals surface area (Å²) in [5, 5.41) is 1.79. The first-order valence-corrected chi connectivity index (χ1v) is 10.8. The van der Waals surface area contributed by atoms with Crippen molar-refractivity contribution in [1.82, 2.24) is 14.0 Å². The van der Waals surface area contributed by atoms with Gasteiger partial charge in [-0.05, 0) is 48.3 Å². The number of carbonyl (C=O) groups excluding carboxylic acids is 1. The Morgan fingerprint density at radius 3 is 2.48 bits per heavy atom. The third-order valence-corrected chi connectivity index (χ3v) is 6.52. The maximum Gasteiger partial charge on any atom is 0.336 e. The van der Waals surface area contributed by atoms with E-state index in [4.69, 9.17) is 0 Å². The van der Waals surface area contributed by atoms with Crippen molar-refractivity contribution in [1.29, 1.82) is 0 Å². The Kier molecular flexibility index (Phi) is 5.17. The summed E-state index contributed by atoms with van der Waals surface area (Å²) in [6.45, 7) is 7.53. The van der Waals surface area contributed by atoms with E-state index in [2.05, 4.69) is 13.8 Å². The Labute approximate surface area is 173 Å². The molecule has 1 fully saturated rings. The summed E-state index contributed by atoms with van der Waals surface area (Å²) in [6.07, 6.45) is 1.11. The highest BCUT2D eigenvalue weighted by Crippen LogP contribution is 2.22. The largest absolute Gasteiger partial charge is 0.341 e. The van der Waals surface area contributed by atoms with E-state index in [1.807, 2.05) is 24.0 Å².